The zero-order valence-corrected chi connectivity index (χ0v) is 11.9. The number of carbonyl (C=O) groups excluding carboxylic acids is 1. The second kappa shape index (κ2) is 5.34. The van der Waals surface area contributed by atoms with E-state index in [1.165, 1.54) is 6.33 Å². The van der Waals surface area contributed by atoms with Crippen molar-refractivity contribution in [3.63, 3.8) is 0 Å². The van der Waals surface area contributed by atoms with Crippen LogP contribution in [0.25, 0.3) is 11.3 Å². The SMILES string of the molecule is O=C(Nc1nnc2ccccn12)c1ccc(-n2cncn2)cc1. The lowest BCUT2D eigenvalue weighted by atomic mass is 10.2. The van der Waals surface area contributed by atoms with E-state index in [0.717, 1.165) is 5.69 Å². The second-order valence-electron chi connectivity index (χ2n) is 4.79. The quantitative estimate of drug-likeness (QED) is 0.620. The van der Waals surface area contributed by atoms with Gasteiger partial charge in [0.2, 0.25) is 5.95 Å². The predicted octanol–water partition coefficient (Wildman–Crippen LogP) is 1.56. The Bertz CT molecular complexity index is 957. The summed E-state index contributed by atoms with van der Waals surface area (Å²) in [5.41, 5.74) is 2.01. The van der Waals surface area contributed by atoms with E-state index in [2.05, 4.69) is 25.6 Å². The van der Waals surface area contributed by atoms with Gasteiger partial charge in [-0.15, -0.1) is 10.2 Å². The monoisotopic (exact) mass is 305 g/mol. The van der Waals surface area contributed by atoms with Crippen LogP contribution in [-0.2, 0) is 0 Å². The van der Waals surface area contributed by atoms with Crippen LogP contribution in [-0.4, -0.2) is 35.3 Å². The number of nitrogens with one attached hydrogen (secondary N) is 1. The van der Waals surface area contributed by atoms with Crippen LogP contribution in [0, 0.1) is 0 Å². The molecule has 0 aliphatic heterocycles. The number of pyridine rings is 1. The number of benzene rings is 1. The lowest BCUT2D eigenvalue weighted by molar-refractivity contribution is 0.102. The van der Waals surface area contributed by atoms with E-state index in [0.29, 0.717) is 17.2 Å². The average Bonchev–Trinajstić information content (AvgIpc) is 3.25. The molecular weight excluding hydrogens is 294 g/mol. The van der Waals surface area contributed by atoms with E-state index in [9.17, 15) is 4.79 Å². The molecule has 1 amide bonds. The highest BCUT2D eigenvalue weighted by molar-refractivity contribution is 6.03. The average molecular weight is 305 g/mol. The maximum atomic E-state index is 12.3. The summed E-state index contributed by atoms with van der Waals surface area (Å²) in [6, 6.07) is 12.6. The number of amides is 1. The van der Waals surface area contributed by atoms with Gasteiger partial charge in [-0.05, 0) is 36.4 Å². The van der Waals surface area contributed by atoms with Crippen LogP contribution in [0.4, 0.5) is 5.95 Å². The van der Waals surface area contributed by atoms with Crippen LogP contribution in [0.15, 0.2) is 61.3 Å². The van der Waals surface area contributed by atoms with Crippen LogP contribution in [0.1, 0.15) is 10.4 Å². The van der Waals surface area contributed by atoms with Gasteiger partial charge in [-0.3, -0.25) is 14.5 Å². The van der Waals surface area contributed by atoms with Crippen molar-refractivity contribution in [1.29, 1.82) is 0 Å². The van der Waals surface area contributed by atoms with Gasteiger partial charge in [-0.25, -0.2) is 9.67 Å². The summed E-state index contributed by atoms with van der Waals surface area (Å²) in [5, 5.41) is 14.8. The summed E-state index contributed by atoms with van der Waals surface area (Å²) >= 11 is 0. The molecular formula is C15H11N7O. The molecule has 0 aliphatic rings. The van der Waals surface area contributed by atoms with Gasteiger partial charge >= 0.3 is 0 Å². The van der Waals surface area contributed by atoms with Crippen molar-refractivity contribution in [2.45, 2.75) is 0 Å². The summed E-state index contributed by atoms with van der Waals surface area (Å²) in [5.74, 6) is 0.124. The standard InChI is InChI=1S/C15H11N7O/c23-14(18-15-20-19-13-3-1-2-8-21(13)15)11-4-6-12(7-5-11)22-10-16-9-17-22/h1-10H,(H,18,20,23). The zero-order chi connectivity index (χ0) is 15.6. The number of anilines is 1. The fourth-order valence-electron chi connectivity index (χ4n) is 2.21. The third kappa shape index (κ3) is 2.42. The van der Waals surface area contributed by atoms with Gasteiger partial charge < -0.3 is 0 Å². The zero-order valence-electron chi connectivity index (χ0n) is 11.9. The smallest absolute Gasteiger partial charge is 0.258 e. The topological polar surface area (TPSA) is 90.0 Å². The number of hydrogen-bond donors (Lipinski definition) is 1. The first kappa shape index (κ1) is 13.1. The minimum atomic E-state index is -0.256. The van der Waals surface area contributed by atoms with Crippen LogP contribution in [0.3, 0.4) is 0 Å². The maximum Gasteiger partial charge on any atom is 0.258 e. The molecule has 23 heavy (non-hydrogen) atoms. The Kier molecular flexibility index (Phi) is 3.05. The van der Waals surface area contributed by atoms with E-state index in [1.54, 1.807) is 45.9 Å². The molecule has 3 heterocycles. The number of fused-ring (bicyclic) bond motifs is 1. The van der Waals surface area contributed by atoms with Gasteiger partial charge in [0.05, 0.1) is 5.69 Å². The minimum absolute atomic E-state index is 0.256. The fourth-order valence-corrected chi connectivity index (χ4v) is 2.21. The summed E-state index contributed by atoms with van der Waals surface area (Å²) in [4.78, 5) is 16.2. The molecule has 1 aromatic carbocycles. The van der Waals surface area contributed by atoms with Crippen molar-refractivity contribution >= 4 is 17.5 Å². The summed E-state index contributed by atoms with van der Waals surface area (Å²) < 4.78 is 3.33. The van der Waals surface area contributed by atoms with E-state index >= 15 is 0 Å². The molecule has 8 heteroatoms. The molecule has 1 N–H and O–H groups in total. The van der Waals surface area contributed by atoms with Gasteiger partial charge in [-0.2, -0.15) is 5.10 Å². The summed E-state index contributed by atoms with van der Waals surface area (Å²) in [6.45, 7) is 0. The Hall–Kier alpha value is -3.55. The van der Waals surface area contributed by atoms with Crippen LogP contribution in [0.5, 0.6) is 0 Å². The molecule has 0 saturated carbocycles. The van der Waals surface area contributed by atoms with E-state index in [1.807, 2.05) is 18.2 Å². The highest BCUT2D eigenvalue weighted by atomic mass is 16.1. The van der Waals surface area contributed by atoms with Crippen molar-refractivity contribution in [2.24, 2.45) is 0 Å². The summed E-state index contributed by atoms with van der Waals surface area (Å²) in [6.07, 6.45) is 4.84. The van der Waals surface area contributed by atoms with Gasteiger partial charge in [0, 0.05) is 11.8 Å². The van der Waals surface area contributed by atoms with E-state index in [-0.39, 0.29) is 5.91 Å². The number of carbonyl (C=O) groups is 1. The predicted molar refractivity (Wildman–Crippen MR) is 82.3 cm³/mol. The highest BCUT2D eigenvalue weighted by Gasteiger charge is 2.11. The Morgan fingerprint density at radius 2 is 1.91 bits per heavy atom. The Morgan fingerprint density at radius 1 is 1.04 bits per heavy atom. The fraction of sp³-hybridized carbons (Fsp3) is 0. The van der Waals surface area contributed by atoms with Gasteiger partial charge in [0.1, 0.15) is 12.7 Å². The molecule has 0 fully saturated rings. The number of aromatic nitrogens is 6. The van der Waals surface area contributed by atoms with Crippen LogP contribution < -0.4 is 5.32 Å². The molecule has 0 saturated heterocycles. The van der Waals surface area contributed by atoms with Crippen molar-refractivity contribution in [3.8, 4) is 5.69 Å². The lowest BCUT2D eigenvalue weighted by Crippen LogP contribution is -2.14. The molecule has 0 atom stereocenters. The maximum absolute atomic E-state index is 12.3. The van der Waals surface area contributed by atoms with Gasteiger partial charge in [-0.1, -0.05) is 6.07 Å². The summed E-state index contributed by atoms with van der Waals surface area (Å²) in [7, 11) is 0. The third-order valence-corrected chi connectivity index (χ3v) is 3.35. The molecule has 112 valence electrons. The molecule has 0 bridgehead atoms. The molecule has 0 spiro atoms. The molecule has 3 aromatic heterocycles. The largest absolute Gasteiger partial charge is 0.290 e. The molecule has 4 rings (SSSR count). The Labute approximate surface area is 130 Å². The van der Waals surface area contributed by atoms with Crippen LogP contribution in [0.2, 0.25) is 0 Å². The molecule has 0 aliphatic carbocycles. The first-order chi connectivity index (χ1) is 11.3. The second-order valence-corrected chi connectivity index (χ2v) is 4.79. The van der Waals surface area contributed by atoms with Crippen molar-refractivity contribution < 1.29 is 4.79 Å². The van der Waals surface area contributed by atoms with E-state index in [4.69, 9.17) is 0 Å². The number of rotatable bonds is 3. The lowest BCUT2D eigenvalue weighted by Gasteiger charge is -2.05. The molecule has 8 nitrogen and oxygen atoms in total. The van der Waals surface area contributed by atoms with Gasteiger partial charge in [0.15, 0.2) is 5.65 Å². The first-order valence-corrected chi connectivity index (χ1v) is 6.87. The highest BCUT2D eigenvalue weighted by Crippen LogP contribution is 2.12. The normalized spacial score (nSPS) is 10.8. The Balaban J connectivity index is 1.57. The van der Waals surface area contributed by atoms with Crippen molar-refractivity contribution in [3.05, 3.63) is 66.9 Å². The third-order valence-electron chi connectivity index (χ3n) is 3.35. The molecule has 0 radical (unpaired) electrons. The van der Waals surface area contributed by atoms with Crippen LogP contribution >= 0.6 is 0 Å². The molecule has 4 aromatic rings. The Morgan fingerprint density at radius 3 is 2.70 bits per heavy atom. The number of hydrogen-bond acceptors (Lipinski definition) is 5. The number of nitrogens with zero attached hydrogens (tertiary/aromatic N) is 6. The minimum Gasteiger partial charge on any atom is -0.290 e. The van der Waals surface area contributed by atoms with E-state index < -0.39 is 0 Å². The first-order valence-electron chi connectivity index (χ1n) is 6.87. The van der Waals surface area contributed by atoms with Crippen molar-refractivity contribution in [2.75, 3.05) is 5.32 Å². The van der Waals surface area contributed by atoms with Gasteiger partial charge in [0.25, 0.3) is 5.91 Å². The van der Waals surface area contributed by atoms with Crippen molar-refractivity contribution in [1.82, 2.24) is 29.4 Å². The molecule has 0 unspecified atom stereocenters.